The van der Waals surface area contributed by atoms with Crippen LogP contribution in [0.15, 0.2) is 52.0 Å². The molecule has 0 saturated carbocycles. The molecule has 0 aliphatic heterocycles. The Labute approximate surface area is 143 Å². The molecule has 5 nitrogen and oxygen atoms in total. The van der Waals surface area contributed by atoms with Gasteiger partial charge in [-0.25, -0.2) is 5.43 Å². The van der Waals surface area contributed by atoms with Crippen LogP contribution in [-0.2, 0) is 0 Å². The standard InChI is InChI=1S/C17H17BrN2O3/c1-11(12-5-4-6-14(18)9-12)19-20-17(21)13-7-8-15(22-2)16(10-13)23-3/h4-10H,1-3H3,(H,20,21). The van der Waals surface area contributed by atoms with Crippen molar-refractivity contribution in [2.24, 2.45) is 5.10 Å². The first-order chi connectivity index (χ1) is 11.0. The molecule has 0 bridgehead atoms. The van der Waals surface area contributed by atoms with Crippen LogP contribution in [0.25, 0.3) is 0 Å². The van der Waals surface area contributed by atoms with E-state index in [2.05, 4.69) is 26.5 Å². The van der Waals surface area contributed by atoms with Gasteiger partial charge in [0, 0.05) is 10.0 Å². The number of methoxy groups -OCH3 is 2. The molecule has 0 heterocycles. The predicted molar refractivity (Wildman–Crippen MR) is 93.4 cm³/mol. The molecule has 0 aliphatic rings. The van der Waals surface area contributed by atoms with Crippen molar-refractivity contribution in [2.75, 3.05) is 14.2 Å². The predicted octanol–water partition coefficient (Wildman–Crippen LogP) is 3.62. The highest BCUT2D eigenvalue weighted by Crippen LogP contribution is 2.27. The third kappa shape index (κ3) is 4.32. The summed E-state index contributed by atoms with van der Waals surface area (Å²) in [6.07, 6.45) is 0. The van der Waals surface area contributed by atoms with Crippen molar-refractivity contribution < 1.29 is 14.3 Å². The summed E-state index contributed by atoms with van der Waals surface area (Å²) in [5.74, 6) is 0.742. The van der Waals surface area contributed by atoms with E-state index < -0.39 is 0 Å². The molecule has 0 unspecified atom stereocenters. The van der Waals surface area contributed by atoms with E-state index in [0.717, 1.165) is 10.0 Å². The number of nitrogens with one attached hydrogen (secondary N) is 1. The van der Waals surface area contributed by atoms with Crippen molar-refractivity contribution in [1.29, 1.82) is 0 Å². The second-order valence-corrected chi connectivity index (χ2v) is 5.63. The second kappa shape index (κ2) is 7.78. The van der Waals surface area contributed by atoms with Crippen LogP contribution in [0, 0.1) is 0 Å². The van der Waals surface area contributed by atoms with Gasteiger partial charge in [-0.1, -0.05) is 28.1 Å². The minimum Gasteiger partial charge on any atom is -0.493 e. The van der Waals surface area contributed by atoms with E-state index in [-0.39, 0.29) is 5.91 Å². The molecule has 2 rings (SSSR count). The van der Waals surface area contributed by atoms with E-state index in [0.29, 0.717) is 22.8 Å². The summed E-state index contributed by atoms with van der Waals surface area (Å²) < 4.78 is 11.3. The van der Waals surface area contributed by atoms with E-state index in [1.54, 1.807) is 25.3 Å². The molecule has 1 N–H and O–H groups in total. The first-order valence-electron chi connectivity index (χ1n) is 6.87. The van der Waals surface area contributed by atoms with Gasteiger partial charge in [0.15, 0.2) is 11.5 Å². The Balaban J connectivity index is 2.14. The maximum Gasteiger partial charge on any atom is 0.271 e. The van der Waals surface area contributed by atoms with Gasteiger partial charge in [-0.15, -0.1) is 0 Å². The minimum atomic E-state index is -0.319. The quantitative estimate of drug-likeness (QED) is 0.640. The molecule has 0 saturated heterocycles. The molecular weight excluding hydrogens is 360 g/mol. The molecule has 6 heteroatoms. The van der Waals surface area contributed by atoms with Gasteiger partial charge in [-0.3, -0.25) is 4.79 Å². The average Bonchev–Trinajstić information content (AvgIpc) is 2.58. The Bertz CT molecular complexity index is 744. The second-order valence-electron chi connectivity index (χ2n) is 4.72. The van der Waals surface area contributed by atoms with E-state index in [9.17, 15) is 4.79 Å². The molecular formula is C17H17BrN2O3. The van der Waals surface area contributed by atoms with Gasteiger partial charge in [0.25, 0.3) is 5.91 Å². The first kappa shape index (κ1) is 17.0. The molecule has 0 radical (unpaired) electrons. The number of hydrogen-bond acceptors (Lipinski definition) is 4. The Hall–Kier alpha value is -2.34. The Morgan fingerprint density at radius 3 is 2.43 bits per heavy atom. The number of halogens is 1. The van der Waals surface area contributed by atoms with Gasteiger partial charge < -0.3 is 9.47 Å². The highest BCUT2D eigenvalue weighted by Gasteiger charge is 2.10. The summed E-state index contributed by atoms with van der Waals surface area (Å²) in [5, 5.41) is 4.13. The van der Waals surface area contributed by atoms with Crippen LogP contribution in [-0.4, -0.2) is 25.8 Å². The topological polar surface area (TPSA) is 59.9 Å². The third-order valence-electron chi connectivity index (χ3n) is 3.21. The van der Waals surface area contributed by atoms with Crippen molar-refractivity contribution in [3.05, 3.63) is 58.1 Å². The summed E-state index contributed by atoms with van der Waals surface area (Å²) in [5.41, 5.74) is 4.61. The van der Waals surface area contributed by atoms with Crippen LogP contribution < -0.4 is 14.9 Å². The van der Waals surface area contributed by atoms with Crippen molar-refractivity contribution in [1.82, 2.24) is 5.43 Å². The fraction of sp³-hybridized carbons (Fsp3) is 0.176. The van der Waals surface area contributed by atoms with E-state index in [1.807, 2.05) is 31.2 Å². The highest BCUT2D eigenvalue weighted by molar-refractivity contribution is 9.10. The van der Waals surface area contributed by atoms with Crippen LogP contribution in [0.2, 0.25) is 0 Å². The number of rotatable bonds is 5. The molecule has 2 aromatic rings. The number of carbonyl (C=O) groups excluding carboxylic acids is 1. The molecule has 120 valence electrons. The maximum absolute atomic E-state index is 12.2. The number of nitrogens with zero attached hydrogens (tertiary/aromatic N) is 1. The lowest BCUT2D eigenvalue weighted by molar-refractivity contribution is 0.0954. The summed E-state index contributed by atoms with van der Waals surface area (Å²) >= 11 is 3.41. The maximum atomic E-state index is 12.2. The smallest absolute Gasteiger partial charge is 0.271 e. The summed E-state index contributed by atoms with van der Waals surface area (Å²) in [6.45, 7) is 1.83. The van der Waals surface area contributed by atoms with E-state index in [1.165, 1.54) is 7.11 Å². The zero-order valence-electron chi connectivity index (χ0n) is 13.1. The number of hydrazone groups is 1. The van der Waals surface area contributed by atoms with Gasteiger partial charge in [0.2, 0.25) is 0 Å². The lowest BCUT2D eigenvalue weighted by Crippen LogP contribution is -2.19. The molecule has 0 aliphatic carbocycles. The van der Waals surface area contributed by atoms with Crippen molar-refractivity contribution in [3.8, 4) is 11.5 Å². The van der Waals surface area contributed by atoms with E-state index in [4.69, 9.17) is 9.47 Å². The molecule has 0 aromatic heterocycles. The van der Waals surface area contributed by atoms with Gasteiger partial charge in [0.05, 0.1) is 19.9 Å². The van der Waals surface area contributed by atoms with E-state index >= 15 is 0 Å². The molecule has 1 amide bonds. The van der Waals surface area contributed by atoms with Crippen molar-refractivity contribution in [3.63, 3.8) is 0 Å². The number of carbonyl (C=O) groups is 1. The molecule has 0 spiro atoms. The summed E-state index contributed by atoms with van der Waals surface area (Å²) in [4.78, 5) is 12.2. The lowest BCUT2D eigenvalue weighted by atomic mass is 10.1. The van der Waals surface area contributed by atoms with Crippen LogP contribution in [0.3, 0.4) is 0 Å². The Kier molecular flexibility index (Phi) is 5.76. The lowest BCUT2D eigenvalue weighted by Gasteiger charge is -2.09. The van der Waals surface area contributed by atoms with Gasteiger partial charge in [-0.05, 0) is 42.8 Å². The SMILES string of the molecule is COc1ccc(C(=O)NN=C(C)c2cccc(Br)c2)cc1OC. The first-order valence-corrected chi connectivity index (χ1v) is 7.67. The fourth-order valence-corrected chi connectivity index (χ4v) is 2.35. The monoisotopic (exact) mass is 376 g/mol. The number of hydrogen-bond donors (Lipinski definition) is 1. The van der Waals surface area contributed by atoms with Crippen LogP contribution in [0.4, 0.5) is 0 Å². The molecule has 2 aromatic carbocycles. The van der Waals surface area contributed by atoms with Gasteiger partial charge >= 0.3 is 0 Å². The van der Waals surface area contributed by atoms with Crippen LogP contribution in [0.5, 0.6) is 11.5 Å². The van der Waals surface area contributed by atoms with Gasteiger partial charge in [-0.2, -0.15) is 5.10 Å². The largest absolute Gasteiger partial charge is 0.493 e. The van der Waals surface area contributed by atoms with Crippen LogP contribution >= 0.6 is 15.9 Å². The van der Waals surface area contributed by atoms with Crippen LogP contribution in [0.1, 0.15) is 22.8 Å². The van der Waals surface area contributed by atoms with Crippen molar-refractivity contribution in [2.45, 2.75) is 6.92 Å². The summed E-state index contributed by atoms with van der Waals surface area (Å²) in [6, 6.07) is 12.6. The number of ether oxygens (including phenoxy) is 2. The number of amides is 1. The highest BCUT2D eigenvalue weighted by atomic mass is 79.9. The molecule has 23 heavy (non-hydrogen) atoms. The number of benzene rings is 2. The zero-order valence-corrected chi connectivity index (χ0v) is 14.7. The molecule has 0 atom stereocenters. The third-order valence-corrected chi connectivity index (χ3v) is 3.71. The minimum absolute atomic E-state index is 0.319. The van der Waals surface area contributed by atoms with Gasteiger partial charge in [0.1, 0.15) is 0 Å². The Morgan fingerprint density at radius 1 is 1.04 bits per heavy atom. The molecule has 0 fully saturated rings. The zero-order chi connectivity index (χ0) is 16.8. The Morgan fingerprint density at radius 2 is 1.78 bits per heavy atom. The normalized spacial score (nSPS) is 11.0. The van der Waals surface area contributed by atoms with Crippen molar-refractivity contribution >= 4 is 27.5 Å². The summed E-state index contributed by atoms with van der Waals surface area (Å²) in [7, 11) is 3.07. The fourth-order valence-electron chi connectivity index (χ4n) is 1.95. The average molecular weight is 377 g/mol.